The van der Waals surface area contributed by atoms with E-state index in [0.717, 1.165) is 31.0 Å². The first-order chi connectivity index (χ1) is 17.8. The summed E-state index contributed by atoms with van der Waals surface area (Å²) >= 11 is 0. The maximum absolute atomic E-state index is 14.6. The number of hydrogen-bond acceptors (Lipinski definition) is 1. The van der Waals surface area contributed by atoms with Crippen LogP contribution in [0.3, 0.4) is 0 Å². The molecule has 0 saturated heterocycles. The smallest absolute Gasteiger partial charge is 0.195 e. The Bertz CT molecular complexity index is 1490. The summed E-state index contributed by atoms with van der Waals surface area (Å²) in [6.07, 6.45) is 1.91. The lowest BCUT2D eigenvalue weighted by molar-refractivity contribution is 0.305. The summed E-state index contributed by atoms with van der Waals surface area (Å²) in [6, 6.07) is 11.6. The van der Waals surface area contributed by atoms with E-state index >= 15 is 0 Å². The largest absolute Gasteiger partial charge is 0.493 e. The van der Waals surface area contributed by atoms with Crippen LogP contribution in [0.15, 0.2) is 54.6 Å². The summed E-state index contributed by atoms with van der Waals surface area (Å²) in [5, 5.41) is 0.0329. The zero-order valence-electron chi connectivity index (χ0n) is 19.9. The monoisotopic (exact) mass is 512 g/mol. The zero-order chi connectivity index (χ0) is 26.5. The topological polar surface area (TPSA) is 9.23 Å². The maximum Gasteiger partial charge on any atom is 0.195 e. The van der Waals surface area contributed by atoms with E-state index < -0.39 is 34.9 Å². The number of ether oxygens (including phenoxy) is 1. The van der Waals surface area contributed by atoms with Gasteiger partial charge >= 0.3 is 0 Å². The van der Waals surface area contributed by atoms with Gasteiger partial charge in [-0.05, 0) is 60.5 Å². The van der Waals surface area contributed by atoms with Crippen LogP contribution in [0.2, 0.25) is 0 Å². The number of benzene rings is 4. The fraction of sp³-hybridized carbons (Fsp3) is 0.200. The lowest BCUT2D eigenvalue weighted by Crippen LogP contribution is -2.03. The number of unbranched alkanes of at least 4 members (excludes halogenated alkanes) is 1. The van der Waals surface area contributed by atoms with E-state index in [2.05, 4.69) is 11.8 Å². The predicted octanol–water partition coefficient (Wildman–Crippen LogP) is 8.04. The number of aryl methyl sites for hydroxylation is 1. The molecule has 0 bridgehead atoms. The van der Waals surface area contributed by atoms with Crippen LogP contribution in [-0.4, -0.2) is 6.61 Å². The molecule has 0 N–H and O–H groups in total. The maximum atomic E-state index is 14.6. The molecule has 1 nitrogen and oxygen atoms in total. The van der Waals surface area contributed by atoms with Gasteiger partial charge in [-0.3, -0.25) is 0 Å². The highest BCUT2D eigenvalue weighted by atomic mass is 19.2. The second-order valence-electron chi connectivity index (χ2n) is 8.55. The Morgan fingerprint density at radius 1 is 0.703 bits per heavy atom. The molecule has 0 atom stereocenters. The Balaban J connectivity index is 1.46. The van der Waals surface area contributed by atoms with Crippen molar-refractivity contribution in [1.29, 1.82) is 0 Å². The molecule has 37 heavy (non-hydrogen) atoms. The van der Waals surface area contributed by atoms with Crippen molar-refractivity contribution in [3.63, 3.8) is 0 Å². The molecule has 0 amide bonds. The highest BCUT2D eigenvalue weighted by Gasteiger charge is 2.14. The molecule has 0 saturated carbocycles. The summed E-state index contributed by atoms with van der Waals surface area (Å²) in [5.74, 6) is -0.679. The fourth-order valence-corrected chi connectivity index (χ4v) is 3.84. The van der Waals surface area contributed by atoms with Crippen molar-refractivity contribution < 1.29 is 31.1 Å². The van der Waals surface area contributed by atoms with E-state index in [-0.39, 0.29) is 40.5 Å². The highest BCUT2D eigenvalue weighted by Crippen LogP contribution is 2.25. The summed E-state index contributed by atoms with van der Waals surface area (Å²) in [4.78, 5) is 0. The van der Waals surface area contributed by atoms with Crippen LogP contribution in [0.5, 0.6) is 5.75 Å². The Labute approximate surface area is 210 Å². The first kappa shape index (κ1) is 26.2. The van der Waals surface area contributed by atoms with Crippen LogP contribution in [0.4, 0.5) is 26.3 Å². The standard InChI is InChI=1S/C30H22F6O/c1-2-3-12-37-22-16-26(32)24(27(33)17-22)11-7-19-5-9-20(25(31)14-19)8-4-18-6-10-23-21(13-18)15-28(34)30(36)29(23)35/h5-6,9-10,13-17H,2-3,7,11-12H2,1H3. The molecular weight excluding hydrogens is 490 g/mol. The van der Waals surface area contributed by atoms with E-state index in [0.29, 0.717) is 17.7 Å². The molecule has 0 spiro atoms. The first-order valence-corrected chi connectivity index (χ1v) is 11.7. The third-order valence-corrected chi connectivity index (χ3v) is 5.89. The Hall–Kier alpha value is -3.92. The molecular formula is C30H22F6O. The van der Waals surface area contributed by atoms with Crippen molar-refractivity contribution >= 4 is 10.8 Å². The van der Waals surface area contributed by atoms with Crippen molar-refractivity contribution in [1.82, 2.24) is 0 Å². The van der Waals surface area contributed by atoms with Crippen molar-refractivity contribution in [2.45, 2.75) is 32.6 Å². The van der Waals surface area contributed by atoms with Gasteiger partial charge in [-0.2, -0.15) is 0 Å². The second-order valence-corrected chi connectivity index (χ2v) is 8.55. The van der Waals surface area contributed by atoms with Gasteiger partial charge in [0, 0.05) is 28.6 Å². The minimum Gasteiger partial charge on any atom is -0.493 e. The summed E-state index contributed by atoms with van der Waals surface area (Å²) < 4.78 is 89.6. The van der Waals surface area contributed by atoms with E-state index in [9.17, 15) is 26.3 Å². The Morgan fingerprint density at radius 3 is 2.16 bits per heavy atom. The molecule has 0 radical (unpaired) electrons. The van der Waals surface area contributed by atoms with Crippen molar-refractivity contribution in [3.8, 4) is 17.6 Å². The second kappa shape index (κ2) is 11.4. The third kappa shape index (κ3) is 6.08. The average molecular weight is 512 g/mol. The summed E-state index contributed by atoms with van der Waals surface area (Å²) in [7, 11) is 0. The molecule has 0 aliphatic heterocycles. The lowest BCUT2D eigenvalue weighted by atomic mass is 10.0. The van der Waals surface area contributed by atoms with Crippen LogP contribution in [0, 0.1) is 46.7 Å². The number of hydrogen-bond donors (Lipinski definition) is 0. The van der Waals surface area contributed by atoms with Gasteiger partial charge in [-0.1, -0.05) is 37.3 Å². The normalized spacial score (nSPS) is 10.9. The van der Waals surface area contributed by atoms with Gasteiger partial charge < -0.3 is 4.74 Å². The minimum absolute atomic E-state index is 0.0299. The average Bonchev–Trinajstić information content (AvgIpc) is 2.86. The number of halogens is 6. The van der Waals surface area contributed by atoms with Gasteiger partial charge in [0.15, 0.2) is 17.5 Å². The third-order valence-electron chi connectivity index (χ3n) is 5.89. The molecule has 0 heterocycles. The lowest BCUT2D eigenvalue weighted by Gasteiger charge is -2.10. The molecule has 4 aromatic carbocycles. The van der Waals surface area contributed by atoms with Crippen LogP contribution >= 0.6 is 0 Å². The first-order valence-electron chi connectivity index (χ1n) is 11.7. The molecule has 0 aliphatic rings. The van der Waals surface area contributed by atoms with Gasteiger partial charge in [-0.25, -0.2) is 26.3 Å². The number of rotatable bonds is 7. The molecule has 7 heteroatoms. The quantitative estimate of drug-likeness (QED) is 0.105. The van der Waals surface area contributed by atoms with Gasteiger partial charge in [0.1, 0.15) is 23.2 Å². The van der Waals surface area contributed by atoms with Crippen LogP contribution in [0.1, 0.15) is 42.0 Å². The van der Waals surface area contributed by atoms with Gasteiger partial charge in [0.2, 0.25) is 0 Å². The van der Waals surface area contributed by atoms with E-state index in [1.165, 1.54) is 30.3 Å². The predicted molar refractivity (Wildman–Crippen MR) is 130 cm³/mol. The SMILES string of the molecule is CCCCOc1cc(F)c(CCc2ccc(C#Cc3ccc4c(F)c(F)c(F)cc4c3)c(F)c2)c(F)c1. The molecule has 0 aliphatic carbocycles. The molecule has 190 valence electrons. The summed E-state index contributed by atoms with van der Waals surface area (Å²) in [6.45, 7) is 2.36. The summed E-state index contributed by atoms with van der Waals surface area (Å²) in [5.41, 5.74) is 0.862. The molecule has 0 unspecified atom stereocenters. The molecule has 0 aromatic heterocycles. The van der Waals surface area contributed by atoms with Crippen molar-refractivity contribution in [2.75, 3.05) is 6.61 Å². The van der Waals surface area contributed by atoms with E-state index in [1.54, 1.807) is 6.07 Å². The molecule has 4 aromatic rings. The zero-order valence-corrected chi connectivity index (χ0v) is 19.9. The van der Waals surface area contributed by atoms with Crippen LogP contribution in [0.25, 0.3) is 10.8 Å². The number of fused-ring (bicyclic) bond motifs is 1. The minimum atomic E-state index is -1.55. The van der Waals surface area contributed by atoms with Crippen LogP contribution in [-0.2, 0) is 12.8 Å². The Kier molecular flexibility index (Phi) is 8.08. The van der Waals surface area contributed by atoms with Gasteiger partial charge in [0.05, 0.1) is 12.2 Å². The van der Waals surface area contributed by atoms with Gasteiger partial charge in [-0.15, -0.1) is 0 Å². The molecule has 4 rings (SSSR count). The molecule has 0 fully saturated rings. The Morgan fingerprint density at radius 2 is 1.46 bits per heavy atom. The van der Waals surface area contributed by atoms with Crippen molar-refractivity contribution in [2.24, 2.45) is 0 Å². The van der Waals surface area contributed by atoms with Crippen LogP contribution < -0.4 is 4.74 Å². The van der Waals surface area contributed by atoms with Gasteiger partial charge in [0.25, 0.3) is 0 Å². The fourth-order valence-electron chi connectivity index (χ4n) is 3.84. The van der Waals surface area contributed by atoms with E-state index in [4.69, 9.17) is 4.74 Å². The van der Waals surface area contributed by atoms with E-state index in [1.807, 2.05) is 6.92 Å². The highest BCUT2D eigenvalue weighted by molar-refractivity contribution is 5.84. The van der Waals surface area contributed by atoms with Crippen molar-refractivity contribution in [3.05, 3.63) is 112 Å².